The van der Waals surface area contributed by atoms with Crippen molar-refractivity contribution in [1.82, 2.24) is 10.6 Å². The van der Waals surface area contributed by atoms with Gasteiger partial charge in [0.1, 0.15) is 11.4 Å². The highest BCUT2D eigenvalue weighted by molar-refractivity contribution is 5.71. The standard InChI is InChI=1S/C14H20FN3O3/c1-14(2,3)21-13(20)18-7-9-4-5-11(15)10(6-9)8-17-12(16)19/h4-6H,7-8H2,1-3H3,(H,18,20)(H3,16,17,19). The van der Waals surface area contributed by atoms with Gasteiger partial charge in [-0.2, -0.15) is 0 Å². The molecule has 0 unspecified atom stereocenters. The first-order valence-corrected chi connectivity index (χ1v) is 6.45. The van der Waals surface area contributed by atoms with Crippen LogP contribution in [0.1, 0.15) is 31.9 Å². The topological polar surface area (TPSA) is 93.4 Å². The van der Waals surface area contributed by atoms with E-state index in [0.717, 1.165) is 0 Å². The summed E-state index contributed by atoms with van der Waals surface area (Å²) in [5.41, 5.74) is 5.33. The number of carbonyl (C=O) groups excluding carboxylic acids is 2. The average molecular weight is 297 g/mol. The minimum Gasteiger partial charge on any atom is -0.444 e. The number of nitrogens with one attached hydrogen (secondary N) is 2. The molecule has 0 radical (unpaired) electrons. The lowest BCUT2D eigenvalue weighted by molar-refractivity contribution is 0.0523. The highest BCUT2D eigenvalue weighted by atomic mass is 19.1. The van der Waals surface area contributed by atoms with Crippen LogP contribution >= 0.6 is 0 Å². The number of halogens is 1. The number of urea groups is 1. The van der Waals surface area contributed by atoms with Crippen LogP contribution in [-0.2, 0) is 17.8 Å². The number of hydrogen-bond acceptors (Lipinski definition) is 3. The molecule has 21 heavy (non-hydrogen) atoms. The molecule has 4 N–H and O–H groups in total. The van der Waals surface area contributed by atoms with Gasteiger partial charge in [-0.05, 0) is 38.5 Å². The first-order chi connectivity index (χ1) is 9.67. The number of alkyl carbamates (subject to hydrolysis) is 1. The van der Waals surface area contributed by atoms with Crippen LogP contribution in [0.15, 0.2) is 18.2 Å². The molecule has 7 heteroatoms. The number of benzene rings is 1. The lowest BCUT2D eigenvalue weighted by Gasteiger charge is -2.19. The summed E-state index contributed by atoms with van der Waals surface area (Å²) in [6.07, 6.45) is -0.552. The number of amides is 3. The van der Waals surface area contributed by atoms with Crippen LogP contribution in [0.4, 0.5) is 14.0 Å². The van der Waals surface area contributed by atoms with Crippen LogP contribution in [0.3, 0.4) is 0 Å². The van der Waals surface area contributed by atoms with Gasteiger partial charge in [-0.25, -0.2) is 14.0 Å². The SMILES string of the molecule is CC(C)(C)OC(=O)NCc1ccc(F)c(CNC(N)=O)c1. The molecule has 0 fully saturated rings. The maximum Gasteiger partial charge on any atom is 0.407 e. The van der Waals surface area contributed by atoms with Gasteiger partial charge in [-0.15, -0.1) is 0 Å². The Kier molecular flexibility index (Phi) is 5.52. The summed E-state index contributed by atoms with van der Waals surface area (Å²) in [6, 6.07) is 3.62. The number of primary amides is 1. The van der Waals surface area contributed by atoms with Crippen molar-refractivity contribution in [2.75, 3.05) is 0 Å². The third-order valence-electron chi connectivity index (χ3n) is 2.40. The molecule has 0 aliphatic carbocycles. The molecule has 0 saturated heterocycles. The molecule has 6 nitrogen and oxygen atoms in total. The largest absolute Gasteiger partial charge is 0.444 e. The molecule has 3 amide bonds. The Balaban J connectivity index is 2.61. The number of rotatable bonds is 4. The fourth-order valence-electron chi connectivity index (χ4n) is 1.54. The van der Waals surface area contributed by atoms with E-state index in [4.69, 9.17) is 10.5 Å². The molecule has 116 valence electrons. The third kappa shape index (κ3) is 6.60. The minimum atomic E-state index is -0.730. The van der Waals surface area contributed by atoms with Crippen molar-refractivity contribution >= 4 is 12.1 Å². The molecule has 0 bridgehead atoms. The number of hydrogen-bond donors (Lipinski definition) is 3. The second kappa shape index (κ2) is 6.92. The Bertz CT molecular complexity index is 527. The van der Waals surface area contributed by atoms with Gasteiger partial charge in [0.15, 0.2) is 0 Å². The van der Waals surface area contributed by atoms with Crippen LogP contribution in [0.25, 0.3) is 0 Å². The predicted octanol–water partition coefficient (Wildman–Crippen LogP) is 2.02. The maximum atomic E-state index is 13.5. The van der Waals surface area contributed by atoms with Crippen LogP contribution in [0.5, 0.6) is 0 Å². The van der Waals surface area contributed by atoms with E-state index in [1.165, 1.54) is 6.07 Å². The zero-order valence-corrected chi connectivity index (χ0v) is 12.3. The normalized spacial score (nSPS) is 10.9. The second-order valence-electron chi connectivity index (χ2n) is 5.50. The van der Waals surface area contributed by atoms with Gasteiger partial charge in [0, 0.05) is 18.7 Å². The molecule has 0 aliphatic heterocycles. The zero-order valence-electron chi connectivity index (χ0n) is 12.3. The first-order valence-electron chi connectivity index (χ1n) is 6.45. The fraction of sp³-hybridized carbons (Fsp3) is 0.429. The van der Waals surface area contributed by atoms with E-state index in [2.05, 4.69) is 10.6 Å². The molecule has 0 aromatic heterocycles. The quantitative estimate of drug-likeness (QED) is 0.793. The van der Waals surface area contributed by atoms with Crippen molar-refractivity contribution in [3.05, 3.63) is 35.1 Å². The number of carbonyl (C=O) groups is 2. The van der Waals surface area contributed by atoms with Gasteiger partial charge < -0.3 is 21.1 Å². The number of nitrogens with two attached hydrogens (primary N) is 1. The molecule has 1 aromatic rings. The zero-order chi connectivity index (χ0) is 16.0. The lowest BCUT2D eigenvalue weighted by atomic mass is 10.1. The predicted molar refractivity (Wildman–Crippen MR) is 75.9 cm³/mol. The Morgan fingerprint density at radius 1 is 1.24 bits per heavy atom. The summed E-state index contributed by atoms with van der Waals surface area (Å²) in [7, 11) is 0. The summed E-state index contributed by atoms with van der Waals surface area (Å²) in [5.74, 6) is -0.454. The highest BCUT2D eigenvalue weighted by Crippen LogP contribution is 2.11. The van der Waals surface area contributed by atoms with Crippen molar-refractivity contribution < 1.29 is 18.7 Å². The Morgan fingerprint density at radius 3 is 2.48 bits per heavy atom. The minimum absolute atomic E-state index is 0.0125. The molecule has 0 spiro atoms. The van der Waals surface area contributed by atoms with Crippen molar-refractivity contribution in [2.45, 2.75) is 39.5 Å². The Morgan fingerprint density at radius 2 is 1.90 bits per heavy atom. The second-order valence-corrected chi connectivity index (χ2v) is 5.50. The van der Waals surface area contributed by atoms with Gasteiger partial charge >= 0.3 is 12.1 Å². The average Bonchev–Trinajstić information content (AvgIpc) is 2.34. The summed E-state index contributed by atoms with van der Waals surface area (Å²) < 4.78 is 18.6. The molecule has 0 saturated carbocycles. The molecular weight excluding hydrogens is 277 g/mol. The summed E-state index contributed by atoms with van der Waals surface area (Å²) in [6.45, 7) is 5.47. The van der Waals surface area contributed by atoms with Gasteiger partial charge in [-0.3, -0.25) is 0 Å². The van der Waals surface area contributed by atoms with Gasteiger partial charge in [-0.1, -0.05) is 6.07 Å². The van der Waals surface area contributed by atoms with E-state index in [0.29, 0.717) is 5.56 Å². The van der Waals surface area contributed by atoms with Gasteiger partial charge in [0.05, 0.1) is 0 Å². The molecule has 0 atom stereocenters. The van der Waals surface area contributed by atoms with E-state index in [1.807, 2.05) is 0 Å². The first kappa shape index (κ1) is 16.7. The van der Waals surface area contributed by atoms with E-state index in [1.54, 1.807) is 32.9 Å². The van der Waals surface area contributed by atoms with E-state index < -0.39 is 23.5 Å². The van der Waals surface area contributed by atoms with Crippen molar-refractivity contribution in [2.24, 2.45) is 5.73 Å². The van der Waals surface area contributed by atoms with Crippen molar-refractivity contribution in [3.8, 4) is 0 Å². The fourth-order valence-corrected chi connectivity index (χ4v) is 1.54. The highest BCUT2D eigenvalue weighted by Gasteiger charge is 2.15. The summed E-state index contributed by atoms with van der Waals surface area (Å²) >= 11 is 0. The van der Waals surface area contributed by atoms with E-state index in [9.17, 15) is 14.0 Å². The van der Waals surface area contributed by atoms with Gasteiger partial charge in [0.25, 0.3) is 0 Å². The van der Waals surface area contributed by atoms with E-state index >= 15 is 0 Å². The van der Waals surface area contributed by atoms with Crippen LogP contribution in [-0.4, -0.2) is 17.7 Å². The smallest absolute Gasteiger partial charge is 0.407 e. The summed E-state index contributed by atoms with van der Waals surface area (Å²) in [5, 5.41) is 4.88. The van der Waals surface area contributed by atoms with Crippen LogP contribution < -0.4 is 16.4 Å². The Hall–Kier alpha value is -2.31. The molecule has 1 rings (SSSR count). The molecular formula is C14H20FN3O3. The van der Waals surface area contributed by atoms with Crippen LogP contribution in [0.2, 0.25) is 0 Å². The van der Waals surface area contributed by atoms with E-state index in [-0.39, 0.29) is 18.7 Å². The van der Waals surface area contributed by atoms with Crippen molar-refractivity contribution in [1.29, 1.82) is 0 Å². The van der Waals surface area contributed by atoms with Crippen LogP contribution in [0, 0.1) is 5.82 Å². The van der Waals surface area contributed by atoms with Gasteiger partial charge in [0.2, 0.25) is 0 Å². The molecule has 0 aliphatic rings. The summed E-state index contributed by atoms with van der Waals surface area (Å²) in [4.78, 5) is 22.1. The number of ether oxygens (including phenoxy) is 1. The lowest BCUT2D eigenvalue weighted by Crippen LogP contribution is -2.32. The Labute approximate surface area is 122 Å². The molecule has 0 heterocycles. The van der Waals surface area contributed by atoms with Crippen molar-refractivity contribution in [3.63, 3.8) is 0 Å². The molecule has 1 aromatic carbocycles. The maximum absolute atomic E-state index is 13.5. The third-order valence-corrected chi connectivity index (χ3v) is 2.40. The monoisotopic (exact) mass is 297 g/mol.